The summed E-state index contributed by atoms with van der Waals surface area (Å²) in [5.41, 5.74) is 0.763. The van der Waals surface area contributed by atoms with Gasteiger partial charge in [-0.25, -0.2) is 4.39 Å². The number of nitro groups is 1. The number of benzene rings is 2. The molecule has 0 aliphatic carbocycles. The summed E-state index contributed by atoms with van der Waals surface area (Å²) in [6.45, 7) is 0. The van der Waals surface area contributed by atoms with Crippen LogP contribution in [0.5, 0.6) is 0 Å². The third kappa shape index (κ3) is 2.80. The number of nitro benzene ring substituents is 1. The second-order valence-electron chi connectivity index (χ2n) is 5.56. The summed E-state index contributed by atoms with van der Waals surface area (Å²) in [7, 11) is 1.76. The van der Waals surface area contributed by atoms with Gasteiger partial charge >= 0.3 is 0 Å². The van der Waals surface area contributed by atoms with E-state index in [1.165, 1.54) is 46.9 Å². The molecule has 4 aromatic rings. The van der Waals surface area contributed by atoms with Crippen LogP contribution in [0, 0.1) is 15.9 Å². The van der Waals surface area contributed by atoms with Gasteiger partial charge in [0.1, 0.15) is 5.82 Å². The summed E-state index contributed by atoms with van der Waals surface area (Å²) in [5.74, 6) is -0.778. The highest BCUT2D eigenvalue weighted by atomic mass is 32.1. The number of non-ortho nitro benzene ring substituents is 1. The van der Waals surface area contributed by atoms with Gasteiger partial charge in [0.15, 0.2) is 4.80 Å². The van der Waals surface area contributed by atoms with Crippen molar-refractivity contribution in [2.75, 3.05) is 0 Å². The molecule has 2 aromatic carbocycles. The van der Waals surface area contributed by atoms with Crippen LogP contribution in [-0.4, -0.2) is 15.4 Å². The van der Waals surface area contributed by atoms with Crippen molar-refractivity contribution in [3.05, 3.63) is 68.1 Å². The van der Waals surface area contributed by atoms with E-state index in [9.17, 15) is 19.3 Å². The monoisotopic (exact) mass is 387 g/mol. The molecular formula is C17H10FN3O3S2. The van der Waals surface area contributed by atoms with Gasteiger partial charge in [-0.3, -0.25) is 14.9 Å². The minimum Gasteiger partial charge on any atom is -0.319 e. The fourth-order valence-corrected chi connectivity index (χ4v) is 4.58. The van der Waals surface area contributed by atoms with Crippen molar-refractivity contribution in [3.8, 4) is 0 Å². The van der Waals surface area contributed by atoms with E-state index in [2.05, 4.69) is 4.99 Å². The number of hydrogen-bond acceptors (Lipinski definition) is 5. The minimum absolute atomic E-state index is 0.0239. The lowest BCUT2D eigenvalue weighted by Crippen LogP contribution is -2.12. The molecule has 0 N–H and O–H groups in total. The lowest BCUT2D eigenvalue weighted by Gasteiger charge is -1.94. The number of amides is 1. The SMILES string of the molecule is Cn1c(=NC(=O)c2cc3cc([N+](=O)[O-])ccc3s2)sc2cc(F)ccc21. The Morgan fingerprint density at radius 3 is 2.73 bits per heavy atom. The van der Waals surface area contributed by atoms with Gasteiger partial charge in [-0.2, -0.15) is 4.99 Å². The van der Waals surface area contributed by atoms with Crippen LogP contribution in [0.4, 0.5) is 10.1 Å². The van der Waals surface area contributed by atoms with E-state index in [0.29, 0.717) is 19.8 Å². The number of carbonyl (C=O) groups excluding carboxylic acids is 1. The van der Waals surface area contributed by atoms with Crippen LogP contribution in [0.3, 0.4) is 0 Å². The molecule has 130 valence electrons. The molecule has 0 aliphatic heterocycles. The quantitative estimate of drug-likeness (QED) is 0.381. The molecule has 0 fully saturated rings. The molecule has 1 amide bonds. The van der Waals surface area contributed by atoms with E-state index in [1.807, 2.05) is 0 Å². The maximum atomic E-state index is 13.4. The highest BCUT2D eigenvalue weighted by Crippen LogP contribution is 2.29. The summed E-state index contributed by atoms with van der Waals surface area (Å²) < 4.78 is 16.6. The summed E-state index contributed by atoms with van der Waals surface area (Å²) >= 11 is 2.45. The first-order valence-corrected chi connectivity index (χ1v) is 9.08. The summed E-state index contributed by atoms with van der Waals surface area (Å²) in [4.78, 5) is 27.9. The molecule has 0 unspecified atom stereocenters. The van der Waals surface area contributed by atoms with Crippen molar-refractivity contribution in [2.45, 2.75) is 0 Å². The summed E-state index contributed by atoms with van der Waals surface area (Å²) in [5, 5.41) is 11.5. The average Bonchev–Trinajstić information content (AvgIpc) is 3.15. The Morgan fingerprint density at radius 2 is 1.96 bits per heavy atom. The van der Waals surface area contributed by atoms with E-state index < -0.39 is 10.8 Å². The third-order valence-corrected chi connectivity index (χ3v) is 6.09. The Kier molecular flexibility index (Phi) is 3.89. The number of aromatic nitrogens is 1. The second kappa shape index (κ2) is 6.11. The summed E-state index contributed by atoms with van der Waals surface area (Å²) in [6.07, 6.45) is 0. The Labute approximate surface area is 153 Å². The van der Waals surface area contributed by atoms with Crippen LogP contribution in [0.15, 0.2) is 47.5 Å². The molecule has 0 atom stereocenters. The van der Waals surface area contributed by atoms with Crippen molar-refractivity contribution >= 4 is 54.6 Å². The van der Waals surface area contributed by atoms with Gasteiger partial charge in [0.25, 0.3) is 11.6 Å². The predicted octanol–water partition coefficient (Wildman–Crippen LogP) is 4.24. The second-order valence-corrected chi connectivity index (χ2v) is 7.66. The highest BCUT2D eigenvalue weighted by molar-refractivity contribution is 7.21. The molecule has 0 saturated carbocycles. The zero-order valence-corrected chi connectivity index (χ0v) is 14.9. The van der Waals surface area contributed by atoms with Gasteiger partial charge < -0.3 is 4.57 Å². The van der Waals surface area contributed by atoms with Crippen LogP contribution in [0.1, 0.15) is 9.67 Å². The molecular weight excluding hydrogens is 377 g/mol. The first-order valence-electron chi connectivity index (χ1n) is 7.44. The Bertz CT molecular complexity index is 1270. The molecule has 0 saturated heterocycles. The van der Waals surface area contributed by atoms with Crippen LogP contribution in [0.25, 0.3) is 20.3 Å². The first-order chi connectivity index (χ1) is 12.4. The lowest BCUT2D eigenvalue weighted by atomic mass is 10.2. The molecule has 9 heteroatoms. The van der Waals surface area contributed by atoms with E-state index in [1.54, 1.807) is 29.8 Å². The third-order valence-electron chi connectivity index (χ3n) is 3.89. The summed E-state index contributed by atoms with van der Waals surface area (Å²) in [6, 6.07) is 10.5. The van der Waals surface area contributed by atoms with Crippen molar-refractivity contribution < 1.29 is 14.1 Å². The zero-order valence-electron chi connectivity index (χ0n) is 13.3. The fraction of sp³-hybridized carbons (Fsp3) is 0.0588. The zero-order chi connectivity index (χ0) is 18.4. The van der Waals surface area contributed by atoms with E-state index in [-0.39, 0.29) is 11.5 Å². The fourth-order valence-electron chi connectivity index (χ4n) is 2.61. The van der Waals surface area contributed by atoms with Gasteiger partial charge in [0, 0.05) is 29.3 Å². The van der Waals surface area contributed by atoms with Crippen LogP contribution >= 0.6 is 22.7 Å². The number of carbonyl (C=O) groups is 1. The maximum Gasteiger partial charge on any atom is 0.289 e. The number of halogens is 1. The largest absolute Gasteiger partial charge is 0.319 e. The smallest absolute Gasteiger partial charge is 0.289 e. The number of fused-ring (bicyclic) bond motifs is 2. The predicted molar refractivity (Wildman–Crippen MR) is 99.1 cm³/mol. The van der Waals surface area contributed by atoms with Gasteiger partial charge in [0.05, 0.1) is 20.0 Å². The normalized spacial score (nSPS) is 12.2. The number of thiazole rings is 1. The lowest BCUT2D eigenvalue weighted by molar-refractivity contribution is -0.384. The van der Waals surface area contributed by atoms with Crippen molar-refractivity contribution in [1.82, 2.24) is 4.57 Å². The van der Waals surface area contributed by atoms with Crippen molar-refractivity contribution in [2.24, 2.45) is 12.0 Å². The Morgan fingerprint density at radius 1 is 1.15 bits per heavy atom. The Balaban J connectivity index is 1.78. The molecule has 4 rings (SSSR count). The van der Waals surface area contributed by atoms with E-state index in [0.717, 1.165) is 10.2 Å². The van der Waals surface area contributed by atoms with Gasteiger partial charge in [-0.05, 0) is 30.3 Å². The molecule has 6 nitrogen and oxygen atoms in total. The Hall–Kier alpha value is -2.91. The van der Waals surface area contributed by atoms with Crippen LogP contribution in [0.2, 0.25) is 0 Å². The molecule has 2 aromatic heterocycles. The number of nitrogens with zero attached hydrogens (tertiary/aromatic N) is 3. The molecule has 0 spiro atoms. The van der Waals surface area contributed by atoms with Crippen LogP contribution in [-0.2, 0) is 7.05 Å². The van der Waals surface area contributed by atoms with E-state index in [4.69, 9.17) is 0 Å². The minimum atomic E-state index is -0.473. The number of rotatable bonds is 2. The maximum absolute atomic E-state index is 13.4. The average molecular weight is 387 g/mol. The van der Waals surface area contributed by atoms with Crippen molar-refractivity contribution in [3.63, 3.8) is 0 Å². The molecule has 26 heavy (non-hydrogen) atoms. The topological polar surface area (TPSA) is 77.5 Å². The van der Waals surface area contributed by atoms with Gasteiger partial charge in [-0.1, -0.05) is 11.3 Å². The van der Waals surface area contributed by atoms with Crippen LogP contribution < -0.4 is 4.80 Å². The van der Waals surface area contributed by atoms with Gasteiger partial charge in [-0.15, -0.1) is 11.3 Å². The number of aryl methyl sites for hydroxylation is 1. The molecule has 0 bridgehead atoms. The van der Waals surface area contributed by atoms with Crippen molar-refractivity contribution in [1.29, 1.82) is 0 Å². The number of thiophene rings is 1. The molecule has 0 radical (unpaired) electrons. The molecule has 0 aliphatic rings. The first kappa shape index (κ1) is 16.6. The number of hydrogen-bond donors (Lipinski definition) is 0. The highest BCUT2D eigenvalue weighted by Gasteiger charge is 2.14. The van der Waals surface area contributed by atoms with E-state index >= 15 is 0 Å². The standard InChI is InChI=1S/C17H10FN3O3S2/c1-20-12-4-2-10(18)8-14(12)26-17(20)19-16(22)15-7-9-6-11(21(23)24)3-5-13(9)25-15/h2-8H,1H3. The van der Waals surface area contributed by atoms with Gasteiger partial charge in [0.2, 0.25) is 0 Å². The molecule has 2 heterocycles.